The number of nitrogens with zero attached hydrogens (tertiary/aromatic N) is 6. The lowest BCUT2D eigenvalue weighted by Gasteiger charge is -2.16. The van der Waals surface area contributed by atoms with E-state index in [1.807, 2.05) is 6.92 Å². The van der Waals surface area contributed by atoms with Crippen LogP contribution >= 0.6 is 0 Å². The first-order valence-corrected chi connectivity index (χ1v) is 10.2. The molecule has 0 aromatic carbocycles. The van der Waals surface area contributed by atoms with Gasteiger partial charge in [0.15, 0.2) is 0 Å². The number of rotatable bonds is 5. The van der Waals surface area contributed by atoms with Crippen molar-refractivity contribution in [3.8, 4) is 0 Å². The van der Waals surface area contributed by atoms with Crippen molar-refractivity contribution in [2.24, 2.45) is 5.92 Å². The average molecular weight is 397 g/mol. The van der Waals surface area contributed by atoms with E-state index in [0.29, 0.717) is 49.0 Å². The summed E-state index contributed by atoms with van der Waals surface area (Å²) >= 11 is 0. The number of carbonyl (C=O) groups is 1. The van der Waals surface area contributed by atoms with Crippen LogP contribution in [0.5, 0.6) is 0 Å². The lowest BCUT2D eigenvalue weighted by molar-refractivity contribution is 0.0926. The zero-order chi connectivity index (χ0) is 20.5. The van der Waals surface area contributed by atoms with Gasteiger partial charge in [-0.1, -0.05) is 13.8 Å². The molecule has 3 aromatic heterocycles. The molecule has 9 nitrogen and oxygen atoms in total. The van der Waals surface area contributed by atoms with Crippen molar-refractivity contribution in [2.75, 3.05) is 0 Å². The van der Waals surface area contributed by atoms with E-state index in [2.05, 4.69) is 34.2 Å². The second-order valence-electron chi connectivity index (χ2n) is 8.09. The first kappa shape index (κ1) is 19.4. The molecule has 4 rings (SSSR count). The minimum Gasteiger partial charge on any atom is -0.348 e. The second-order valence-corrected chi connectivity index (χ2v) is 8.09. The number of nitrogens with one attached hydrogen (secondary N) is 1. The van der Waals surface area contributed by atoms with Crippen molar-refractivity contribution < 1.29 is 4.79 Å². The van der Waals surface area contributed by atoms with Gasteiger partial charge in [-0.3, -0.25) is 13.8 Å². The van der Waals surface area contributed by atoms with E-state index in [4.69, 9.17) is 0 Å². The van der Waals surface area contributed by atoms with Crippen LogP contribution in [0.4, 0.5) is 0 Å². The summed E-state index contributed by atoms with van der Waals surface area (Å²) in [6.45, 7) is 7.31. The lowest BCUT2D eigenvalue weighted by atomic mass is 10.1. The molecule has 0 radical (unpaired) electrons. The molecule has 0 saturated heterocycles. The number of amides is 1. The number of hydrogen-bond donors (Lipinski definition) is 1. The zero-order valence-corrected chi connectivity index (χ0v) is 17.1. The van der Waals surface area contributed by atoms with Crippen LogP contribution in [0.15, 0.2) is 23.3 Å². The molecule has 4 heterocycles. The summed E-state index contributed by atoms with van der Waals surface area (Å²) in [4.78, 5) is 34.1. The smallest absolute Gasteiger partial charge is 0.345 e. The van der Waals surface area contributed by atoms with Gasteiger partial charge < -0.3 is 5.32 Å². The van der Waals surface area contributed by atoms with Crippen LogP contribution in [0.1, 0.15) is 55.1 Å². The Hall–Kier alpha value is -2.97. The molecule has 1 atom stereocenters. The third kappa shape index (κ3) is 3.81. The SMILES string of the molecule is Cc1nc2ncccn2c1C(=O)NC1CCc2nn(CCC(C)C)c(=O)n2CC1. The van der Waals surface area contributed by atoms with Crippen LogP contribution in [0.25, 0.3) is 5.78 Å². The van der Waals surface area contributed by atoms with Gasteiger partial charge in [0.05, 0.1) is 5.69 Å². The van der Waals surface area contributed by atoms with Crippen molar-refractivity contribution in [1.29, 1.82) is 0 Å². The van der Waals surface area contributed by atoms with E-state index >= 15 is 0 Å². The molecule has 0 bridgehead atoms. The largest absolute Gasteiger partial charge is 0.348 e. The van der Waals surface area contributed by atoms with Gasteiger partial charge in [-0.05, 0) is 38.2 Å². The lowest BCUT2D eigenvalue weighted by Crippen LogP contribution is -2.36. The van der Waals surface area contributed by atoms with Crippen LogP contribution in [0, 0.1) is 12.8 Å². The Bertz CT molecular complexity index is 1090. The van der Waals surface area contributed by atoms with E-state index in [1.54, 1.807) is 32.1 Å². The summed E-state index contributed by atoms with van der Waals surface area (Å²) in [5.74, 6) is 1.69. The monoisotopic (exact) mass is 397 g/mol. The Morgan fingerprint density at radius 2 is 2.17 bits per heavy atom. The van der Waals surface area contributed by atoms with Gasteiger partial charge >= 0.3 is 5.69 Å². The van der Waals surface area contributed by atoms with Gasteiger partial charge in [0, 0.05) is 37.9 Å². The Morgan fingerprint density at radius 1 is 1.34 bits per heavy atom. The van der Waals surface area contributed by atoms with Gasteiger partial charge in [-0.15, -0.1) is 0 Å². The molecule has 154 valence electrons. The fourth-order valence-corrected chi connectivity index (χ4v) is 3.82. The summed E-state index contributed by atoms with van der Waals surface area (Å²) in [6, 6.07) is 1.76. The zero-order valence-electron chi connectivity index (χ0n) is 17.1. The van der Waals surface area contributed by atoms with E-state index in [1.165, 1.54) is 0 Å². The Morgan fingerprint density at radius 3 is 2.97 bits per heavy atom. The summed E-state index contributed by atoms with van der Waals surface area (Å²) < 4.78 is 5.05. The predicted molar refractivity (Wildman–Crippen MR) is 108 cm³/mol. The van der Waals surface area contributed by atoms with Crippen LogP contribution in [-0.2, 0) is 19.5 Å². The van der Waals surface area contributed by atoms with Crippen LogP contribution < -0.4 is 11.0 Å². The van der Waals surface area contributed by atoms with E-state index in [9.17, 15) is 9.59 Å². The van der Waals surface area contributed by atoms with Crippen LogP contribution in [0.2, 0.25) is 0 Å². The van der Waals surface area contributed by atoms with Gasteiger partial charge in [0.1, 0.15) is 11.5 Å². The number of aryl methyl sites for hydroxylation is 3. The van der Waals surface area contributed by atoms with Gasteiger partial charge in [-0.25, -0.2) is 19.4 Å². The first-order valence-electron chi connectivity index (χ1n) is 10.2. The van der Waals surface area contributed by atoms with Crippen molar-refractivity contribution in [2.45, 2.75) is 65.6 Å². The maximum absolute atomic E-state index is 12.9. The van der Waals surface area contributed by atoms with Gasteiger partial charge in [0.25, 0.3) is 5.91 Å². The average Bonchev–Trinajstić information content (AvgIpc) is 3.09. The molecule has 0 saturated carbocycles. The number of hydrogen-bond acceptors (Lipinski definition) is 5. The minimum absolute atomic E-state index is 0.0191. The highest BCUT2D eigenvalue weighted by Crippen LogP contribution is 2.15. The molecule has 0 spiro atoms. The Labute approximate surface area is 168 Å². The molecule has 1 unspecified atom stereocenters. The maximum atomic E-state index is 12.9. The summed E-state index contributed by atoms with van der Waals surface area (Å²) in [5.41, 5.74) is 1.11. The minimum atomic E-state index is -0.165. The molecule has 0 aliphatic carbocycles. The van der Waals surface area contributed by atoms with Crippen LogP contribution in [0.3, 0.4) is 0 Å². The highest BCUT2D eigenvalue weighted by atomic mass is 16.2. The third-order valence-electron chi connectivity index (χ3n) is 5.46. The standard InChI is InChI=1S/C20H27N7O2/c1-13(2)7-12-27-20(29)25-11-8-15(5-6-16(25)24-27)23-18(28)17-14(3)22-19-21-9-4-10-26(17)19/h4,9-10,13,15H,5-8,11-12H2,1-3H3,(H,23,28). The Balaban J connectivity index is 1.46. The van der Waals surface area contributed by atoms with Gasteiger partial charge in [0.2, 0.25) is 5.78 Å². The topological polar surface area (TPSA) is 99.1 Å². The van der Waals surface area contributed by atoms with E-state index in [-0.39, 0.29) is 17.6 Å². The highest BCUT2D eigenvalue weighted by molar-refractivity contribution is 5.94. The highest BCUT2D eigenvalue weighted by Gasteiger charge is 2.24. The number of fused-ring (bicyclic) bond motifs is 2. The molecular formula is C20H27N7O2. The predicted octanol–water partition coefficient (Wildman–Crippen LogP) is 1.58. The number of aromatic nitrogens is 6. The van der Waals surface area contributed by atoms with Crippen molar-refractivity contribution in [1.82, 2.24) is 34.0 Å². The fraction of sp³-hybridized carbons (Fsp3) is 0.550. The van der Waals surface area contributed by atoms with Crippen molar-refractivity contribution >= 4 is 11.7 Å². The summed E-state index contributed by atoms with van der Waals surface area (Å²) in [6.07, 6.45) is 6.50. The van der Waals surface area contributed by atoms with E-state index < -0.39 is 0 Å². The molecule has 1 N–H and O–H groups in total. The first-order chi connectivity index (χ1) is 13.9. The molecular weight excluding hydrogens is 370 g/mol. The van der Waals surface area contributed by atoms with Crippen LogP contribution in [-0.4, -0.2) is 40.7 Å². The molecule has 0 fully saturated rings. The maximum Gasteiger partial charge on any atom is 0.345 e. The molecule has 29 heavy (non-hydrogen) atoms. The quantitative estimate of drug-likeness (QED) is 0.705. The Kier molecular flexibility index (Phi) is 5.21. The van der Waals surface area contributed by atoms with Crippen molar-refractivity contribution in [3.63, 3.8) is 0 Å². The number of imidazole rings is 1. The molecule has 1 aliphatic heterocycles. The van der Waals surface area contributed by atoms with Crippen molar-refractivity contribution in [3.05, 3.63) is 46.2 Å². The normalized spacial score (nSPS) is 16.8. The summed E-state index contributed by atoms with van der Waals surface area (Å²) in [7, 11) is 0. The summed E-state index contributed by atoms with van der Waals surface area (Å²) in [5, 5.41) is 7.65. The molecule has 3 aromatic rings. The second kappa shape index (κ2) is 7.81. The molecule has 1 aliphatic rings. The van der Waals surface area contributed by atoms with E-state index in [0.717, 1.165) is 18.7 Å². The van der Waals surface area contributed by atoms with Gasteiger partial charge in [-0.2, -0.15) is 5.10 Å². The fourth-order valence-electron chi connectivity index (χ4n) is 3.82. The molecule has 9 heteroatoms. The number of carbonyl (C=O) groups excluding carboxylic acids is 1. The third-order valence-corrected chi connectivity index (χ3v) is 5.46. The molecule has 1 amide bonds.